The Labute approximate surface area is 178 Å². The van der Waals surface area contributed by atoms with Crippen molar-refractivity contribution in [3.63, 3.8) is 0 Å². The quantitative estimate of drug-likeness (QED) is 0.581. The molecule has 0 unspecified atom stereocenters. The summed E-state index contributed by atoms with van der Waals surface area (Å²) in [4.78, 5) is 24.7. The van der Waals surface area contributed by atoms with Crippen LogP contribution in [0.25, 0.3) is 0 Å². The molecule has 0 fully saturated rings. The molecule has 7 nitrogen and oxygen atoms in total. The minimum atomic E-state index is -0.400. The van der Waals surface area contributed by atoms with E-state index in [1.54, 1.807) is 56.7 Å². The van der Waals surface area contributed by atoms with Gasteiger partial charge in [0.05, 0.1) is 25.0 Å². The highest BCUT2D eigenvalue weighted by Gasteiger charge is 2.13. The van der Waals surface area contributed by atoms with E-state index in [0.717, 1.165) is 0 Å². The fourth-order valence-corrected chi connectivity index (χ4v) is 2.86. The first-order valence-corrected chi connectivity index (χ1v) is 9.50. The van der Waals surface area contributed by atoms with E-state index in [1.807, 2.05) is 0 Å². The van der Waals surface area contributed by atoms with Crippen LogP contribution in [0.15, 0.2) is 65.6 Å². The lowest BCUT2D eigenvalue weighted by molar-refractivity contribution is 0.102. The molecule has 0 aliphatic rings. The Hall–Kier alpha value is -3.29. The summed E-state index contributed by atoms with van der Waals surface area (Å²) in [5.74, 6) is 1.30. The van der Waals surface area contributed by atoms with Gasteiger partial charge in [0.1, 0.15) is 11.5 Å². The Morgan fingerprint density at radius 3 is 2.47 bits per heavy atom. The van der Waals surface area contributed by atoms with Crippen LogP contribution in [-0.4, -0.2) is 31.3 Å². The van der Waals surface area contributed by atoms with Gasteiger partial charge in [-0.3, -0.25) is 9.59 Å². The molecular weight excluding hydrogens is 408 g/mol. The number of hydrogen-bond acceptors (Lipinski definition) is 5. The van der Waals surface area contributed by atoms with Gasteiger partial charge in [-0.15, -0.1) is 0 Å². The summed E-state index contributed by atoms with van der Waals surface area (Å²) in [5, 5.41) is 3.24. The number of rotatable bonds is 8. The molecular formula is C22H21ClN2O5. The number of halogens is 1. The number of carbonyl (C=O) groups is 1. The SMILES string of the molecule is COCCn1cc(C(=O)Nc2cc(Cl)ccc2Oc2ccc(OC)cc2)ccc1=O. The van der Waals surface area contributed by atoms with Crippen molar-refractivity contribution in [1.82, 2.24) is 4.57 Å². The van der Waals surface area contributed by atoms with Crippen molar-refractivity contribution in [2.75, 3.05) is 26.1 Å². The number of benzene rings is 2. The predicted octanol–water partition coefficient (Wildman–Crippen LogP) is 4.20. The minimum absolute atomic E-state index is 0.213. The molecule has 0 aliphatic carbocycles. The smallest absolute Gasteiger partial charge is 0.257 e. The highest BCUT2D eigenvalue weighted by Crippen LogP contribution is 2.33. The van der Waals surface area contributed by atoms with Crippen LogP contribution in [0.5, 0.6) is 17.2 Å². The normalized spacial score (nSPS) is 10.5. The van der Waals surface area contributed by atoms with E-state index in [1.165, 1.54) is 22.9 Å². The molecule has 0 spiro atoms. The first kappa shape index (κ1) is 21.4. The third-order valence-corrected chi connectivity index (χ3v) is 4.49. The molecule has 156 valence electrons. The number of hydrogen-bond donors (Lipinski definition) is 1. The van der Waals surface area contributed by atoms with Gasteiger partial charge in [-0.1, -0.05) is 11.6 Å². The third kappa shape index (κ3) is 5.40. The number of carbonyl (C=O) groups excluding carboxylic acids is 1. The average molecular weight is 429 g/mol. The first-order chi connectivity index (χ1) is 14.5. The Morgan fingerprint density at radius 2 is 1.77 bits per heavy atom. The Balaban J connectivity index is 1.82. The molecule has 0 aliphatic heterocycles. The molecule has 0 saturated carbocycles. The maximum absolute atomic E-state index is 12.8. The van der Waals surface area contributed by atoms with Crippen molar-refractivity contribution in [2.45, 2.75) is 6.54 Å². The molecule has 0 bridgehead atoms. The summed E-state index contributed by atoms with van der Waals surface area (Å²) >= 11 is 6.11. The molecule has 0 atom stereocenters. The van der Waals surface area contributed by atoms with Crippen LogP contribution in [0.3, 0.4) is 0 Å². The van der Waals surface area contributed by atoms with Gasteiger partial charge in [-0.2, -0.15) is 0 Å². The second-order valence-corrected chi connectivity index (χ2v) is 6.75. The van der Waals surface area contributed by atoms with Gasteiger partial charge < -0.3 is 24.1 Å². The molecule has 1 amide bonds. The highest BCUT2D eigenvalue weighted by molar-refractivity contribution is 6.31. The van der Waals surface area contributed by atoms with Crippen LogP contribution in [0, 0.1) is 0 Å². The molecule has 3 aromatic rings. The van der Waals surface area contributed by atoms with Crippen LogP contribution in [0.2, 0.25) is 5.02 Å². The zero-order chi connectivity index (χ0) is 21.5. The summed E-state index contributed by atoms with van der Waals surface area (Å²) < 4.78 is 17.5. The first-order valence-electron chi connectivity index (χ1n) is 9.12. The van der Waals surface area contributed by atoms with Crippen molar-refractivity contribution in [3.05, 3.63) is 81.7 Å². The van der Waals surface area contributed by atoms with E-state index in [4.69, 9.17) is 25.8 Å². The maximum atomic E-state index is 12.8. The number of nitrogens with zero attached hydrogens (tertiary/aromatic N) is 1. The number of methoxy groups -OCH3 is 2. The van der Waals surface area contributed by atoms with Crippen LogP contribution < -0.4 is 20.3 Å². The highest BCUT2D eigenvalue weighted by atomic mass is 35.5. The molecule has 8 heteroatoms. The molecule has 1 aromatic heterocycles. The lowest BCUT2D eigenvalue weighted by Gasteiger charge is -2.14. The van der Waals surface area contributed by atoms with E-state index in [2.05, 4.69) is 5.32 Å². The molecule has 0 saturated heterocycles. The van der Waals surface area contributed by atoms with Crippen LogP contribution in [0.4, 0.5) is 5.69 Å². The van der Waals surface area contributed by atoms with Gasteiger partial charge in [-0.05, 0) is 48.5 Å². The van der Waals surface area contributed by atoms with Gasteiger partial charge in [0.25, 0.3) is 11.5 Å². The number of ether oxygens (including phenoxy) is 3. The van der Waals surface area contributed by atoms with Crippen molar-refractivity contribution in [1.29, 1.82) is 0 Å². The standard InChI is InChI=1S/C22H21ClN2O5/c1-28-12-11-25-14-15(3-10-21(25)26)22(27)24-19-13-16(23)4-9-20(19)30-18-7-5-17(29-2)6-8-18/h3-10,13-14H,11-12H2,1-2H3,(H,24,27). The van der Waals surface area contributed by atoms with Crippen LogP contribution in [-0.2, 0) is 11.3 Å². The number of anilines is 1. The van der Waals surface area contributed by atoms with Gasteiger partial charge >= 0.3 is 0 Å². The number of aromatic nitrogens is 1. The number of nitrogens with one attached hydrogen (secondary N) is 1. The zero-order valence-corrected chi connectivity index (χ0v) is 17.3. The van der Waals surface area contributed by atoms with E-state index in [0.29, 0.717) is 46.7 Å². The zero-order valence-electron chi connectivity index (χ0n) is 16.6. The third-order valence-electron chi connectivity index (χ3n) is 4.26. The lowest BCUT2D eigenvalue weighted by atomic mass is 10.2. The fourth-order valence-electron chi connectivity index (χ4n) is 2.68. The Kier molecular flexibility index (Phi) is 7.11. The average Bonchev–Trinajstić information content (AvgIpc) is 2.75. The van der Waals surface area contributed by atoms with Crippen LogP contribution >= 0.6 is 11.6 Å². The summed E-state index contributed by atoms with van der Waals surface area (Å²) in [6, 6.07) is 14.8. The number of pyridine rings is 1. The largest absolute Gasteiger partial charge is 0.497 e. The molecule has 2 aromatic carbocycles. The van der Waals surface area contributed by atoms with Gasteiger partial charge in [0.15, 0.2) is 5.75 Å². The van der Waals surface area contributed by atoms with Crippen molar-refractivity contribution < 1.29 is 19.0 Å². The minimum Gasteiger partial charge on any atom is -0.497 e. The van der Waals surface area contributed by atoms with Crippen molar-refractivity contribution in [3.8, 4) is 17.2 Å². The molecule has 30 heavy (non-hydrogen) atoms. The van der Waals surface area contributed by atoms with Crippen LogP contribution in [0.1, 0.15) is 10.4 Å². The predicted molar refractivity (Wildman–Crippen MR) is 115 cm³/mol. The van der Waals surface area contributed by atoms with Gasteiger partial charge in [-0.25, -0.2) is 0 Å². The summed E-state index contributed by atoms with van der Waals surface area (Å²) in [6.45, 7) is 0.707. The molecule has 3 rings (SSSR count). The number of amides is 1. The summed E-state index contributed by atoms with van der Waals surface area (Å²) in [6.07, 6.45) is 1.49. The lowest BCUT2D eigenvalue weighted by Crippen LogP contribution is -2.23. The Morgan fingerprint density at radius 1 is 1.03 bits per heavy atom. The monoisotopic (exact) mass is 428 g/mol. The van der Waals surface area contributed by atoms with Gasteiger partial charge in [0.2, 0.25) is 0 Å². The van der Waals surface area contributed by atoms with Crippen molar-refractivity contribution >= 4 is 23.2 Å². The van der Waals surface area contributed by atoms with E-state index >= 15 is 0 Å². The van der Waals surface area contributed by atoms with E-state index in [9.17, 15) is 9.59 Å². The summed E-state index contributed by atoms with van der Waals surface area (Å²) in [7, 11) is 3.13. The molecule has 0 radical (unpaired) electrons. The second kappa shape index (κ2) is 9.96. The van der Waals surface area contributed by atoms with E-state index in [-0.39, 0.29) is 5.56 Å². The molecule has 1 N–H and O–H groups in total. The molecule has 1 heterocycles. The Bertz CT molecular complexity index is 1080. The second-order valence-electron chi connectivity index (χ2n) is 6.31. The van der Waals surface area contributed by atoms with E-state index < -0.39 is 5.91 Å². The summed E-state index contributed by atoms with van der Waals surface area (Å²) in [5.41, 5.74) is 0.508. The topological polar surface area (TPSA) is 78.8 Å². The van der Waals surface area contributed by atoms with Gasteiger partial charge in [0, 0.05) is 30.9 Å². The van der Waals surface area contributed by atoms with Crippen molar-refractivity contribution in [2.24, 2.45) is 0 Å². The maximum Gasteiger partial charge on any atom is 0.257 e. The fraction of sp³-hybridized carbons (Fsp3) is 0.182.